The molecular formula is C43H74NO8P. The van der Waals surface area contributed by atoms with Crippen LogP contribution in [0.25, 0.3) is 0 Å². The van der Waals surface area contributed by atoms with Crippen LogP contribution in [0.1, 0.15) is 155 Å². The van der Waals surface area contributed by atoms with E-state index in [2.05, 4.69) is 74.6 Å². The number of phosphoric acid groups is 1. The lowest BCUT2D eigenvalue weighted by Gasteiger charge is -2.19. The van der Waals surface area contributed by atoms with E-state index >= 15 is 0 Å². The van der Waals surface area contributed by atoms with Gasteiger partial charge in [-0.15, -0.1) is 0 Å². The lowest BCUT2D eigenvalue weighted by Crippen LogP contribution is -2.29. The molecule has 0 amide bonds. The van der Waals surface area contributed by atoms with Gasteiger partial charge in [0.2, 0.25) is 0 Å². The molecule has 0 heterocycles. The highest BCUT2D eigenvalue weighted by atomic mass is 31.2. The third-order valence-electron chi connectivity index (χ3n) is 8.08. The lowest BCUT2D eigenvalue weighted by molar-refractivity contribution is -0.161. The van der Waals surface area contributed by atoms with Crippen molar-refractivity contribution in [2.45, 2.75) is 161 Å². The van der Waals surface area contributed by atoms with Crippen molar-refractivity contribution in [3.63, 3.8) is 0 Å². The fraction of sp³-hybridized carbons (Fsp3) is 0.674. The van der Waals surface area contributed by atoms with Crippen LogP contribution in [0.4, 0.5) is 0 Å². The van der Waals surface area contributed by atoms with Gasteiger partial charge in [0.25, 0.3) is 0 Å². The summed E-state index contributed by atoms with van der Waals surface area (Å²) in [6.07, 6.45) is 46.6. The Labute approximate surface area is 322 Å². The smallest absolute Gasteiger partial charge is 0.462 e. The Morgan fingerprint density at radius 2 is 1.02 bits per heavy atom. The number of phosphoric ester groups is 1. The molecule has 0 saturated carbocycles. The first kappa shape index (κ1) is 50.5. The zero-order valence-corrected chi connectivity index (χ0v) is 34.1. The van der Waals surface area contributed by atoms with Crippen LogP contribution in [0.15, 0.2) is 72.9 Å². The molecular weight excluding hydrogens is 689 g/mol. The van der Waals surface area contributed by atoms with Crippen molar-refractivity contribution in [2.24, 2.45) is 5.73 Å². The molecule has 0 aliphatic carbocycles. The van der Waals surface area contributed by atoms with Crippen LogP contribution in [-0.4, -0.2) is 49.3 Å². The number of carbonyl (C=O) groups excluding carboxylic acids is 2. The van der Waals surface area contributed by atoms with Gasteiger partial charge in [0, 0.05) is 19.4 Å². The summed E-state index contributed by atoms with van der Waals surface area (Å²) in [5.41, 5.74) is 5.33. The summed E-state index contributed by atoms with van der Waals surface area (Å²) >= 11 is 0. The molecule has 0 aromatic heterocycles. The molecule has 0 aliphatic rings. The van der Waals surface area contributed by atoms with Crippen molar-refractivity contribution in [1.82, 2.24) is 0 Å². The Kier molecular flexibility index (Phi) is 37.3. The summed E-state index contributed by atoms with van der Waals surface area (Å²) in [5, 5.41) is 0. The Hall–Kier alpha value is -2.55. The Morgan fingerprint density at radius 1 is 0.566 bits per heavy atom. The van der Waals surface area contributed by atoms with Gasteiger partial charge in [-0.3, -0.25) is 18.6 Å². The number of esters is 2. The molecule has 2 atom stereocenters. The summed E-state index contributed by atoms with van der Waals surface area (Å²) in [6, 6.07) is 0. The van der Waals surface area contributed by atoms with Gasteiger partial charge in [-0.1, -0.05) is 138 Å². The van der Waals surface area contributed by atoms with Crippen LogP contribution in [0.3, 0.4) is 0 Å². The van der Waals surface area contributed by atoms with Crippen molar-refractivity contribution in [1.29, 1.82) is 0 Å². The maximum absolute atomic E-state index is 12.5. The average molecular weight is 764 g/mol. The van der Waals surface area contributed by atoms with E-state index in [9.17, 15) is 19.0 Å². The van der Waals surface area contributed by atoms with Crippen molar-refractivity contribution in [3.8, 4) is 0 Å². The van der Waals surface area contributed by atoms with E-state index in [1.807, 2.05) is 12.2 Å². The van der Waals surface area contributed by atoms with Gasteiger partial charge in [0.05, 0.1) is 13.2 Å². The largest absolute Gasteiger partial charge is 0.472 e. The summed E-state index contributed by atoms with van der Waals surface area (Å²) in [5.74, 6) is -0.942. The minimum atomic E-state index is -4.40. The van der Waals surface area contributed by atoms with Gasteiger partial charge in [-0.05, 0) is 77.0 Å². The van der Waals surface area contributed by atoms with Crippen LogP contribution in [-0.2, 0) is 32.7 Å². The average Bonchev–Trinajstić information content (AvgIpc) is 3.14. The molecule has 0 spiro atoms. The molecule has 0 aromatic rings. The topological polar surface area (TPSA) is 134 Å². The fourth-order valence-electron chi connectivity index (χ4n) is 5.02. The van der Waals surface area contributed by atoms with Crippen molar-refractivity contribution in [2.75, 3.05) is 26.4 Å². The van der Waals surface area contributed by atoms with Gasteiger partial charge in [-0.2, -0.15) is 0 Å². The summed E-state index contributed by atoms with van der Waals surface area (Å²) in [7, 11) is -4.40. The van der Waals surface area contributed by atoms with Crippen LogP contribution in [0.2, 0.25) is 0 Å². The SMILES string of the molecule is CCCCC/C=C/C/C=C/C/C=C/C/C=C/C/C=C/CCC(=O)O[C@H](COC(=O)CCCCCCC/C=C/CCCCCC)COP(=O)(O)OCCN. The van der Waals surface area contributed by atoms with Gasteiger partial charge >= 0.3 is 19.8 Å². The highest BCUT2D eigenvalue weighted by molar-refractivity contribution is 7.47. The highest BCUT2D eigenvalue weighted by Crippen LogP contribution is 2.43. The van der Waals surface area contributed by atoms with Gasteiger partial charge in [-0.25, -0.2) is 4.57 Å². The maximum atomic E-state index is 12.5. The minimum Gasteiger partial charge on any atom is -0.462 e. The zero-order valence-electron chi connectivity index (χ0n) is 33.2. The first-order valence-corrected chi connectivity index (χ1v) is 21.9. The van der Waals surface area contributed by atoms with E-state index in [1.54, 1.807) is 0 Å². The van der Waals surface area contributed by atoms with Crippen LogP contribution in [0.5, 0.6) is 0 Å². The van der Waals surface area contributed by atoms with E-state index in [4.69, 9.17) is 24.3 Å². The van der Waals surface area contributed by atoms with Crippen molar-refractivity contribution >= 4 is 19.8 Å². The summed E-state index contributed by atoms with van der Waals surface area (Å²) in [6.45, 7) is 3.57. The van der Waals surface area contributed by atoms with Gasteiger partial charge in [0.15, 0.2) is 6.10 Å². The quantitative estimate of drug-likeness (QED) is 0.0274. The number of ether oxygens (including phenoxy) is 2. The summed E-state index contributed by atoms with van der Waals surface area (Å²) < 4.78 is 32.6. The zero-order chi connectivity index (χ0) is 38.9. The number of nitrogens with two attached hydrogens (primary N) is 1. The minimum absolute atomic E-state index is 0.0378. The van der Waals surface area contributed by atoms with Crippen molar-refractivity contribution in [3.05, 3.63) is 72.9 Å². The molecule has 10 heteroatoms. The molecule has 0 saturated heterocycles. The first-order valence-electron chi connectivity index (χ1n) is 20.4. The monoisotopic (exact) mass is 764 g/mol. The van der Waals surface area contributed by atoms with Crippen molar-refractivity contribution < 1.29 is 37.6 Å². The Balaban J connectivity index is 4.35. The van der Waals surface area contributed by atoms with E-state index < -0.39 is 32.5 Å². The molecule has 9 nitrogen and oxygen atoms in total. The highest BCUT2D eigenvalue weighted by Gasteiger charge is 2.25. The molecule has 0 radical (unpaired) electrons. The number of unbranched alkanes of at least 4 members (excludes halogenated alkanes) is 12. The number of hydrogen-bond acceptors (Lipinski definition) is 8. The molecule has 1 unspecified atom stereocenters. The second-order valence-corrected chi connectivity index (χ2v) is 14.6. The van der Waals surface area contributed by atoms with E-state index in [-0.39, 0.29) is 32.6 Å². The molecule has 0 aromatic carbocycles. The Morgan fingerprint density at radius 3 is 1.58 bits per heavy atom. The van der Waals surface area contributed by atoms with Crippen LogP contribution < -0.4 is 5.73 Å². The van der Waals surface area contributed by atoms with Crippen LogP contribution in [0, 0.1) is 0 Å². The number of allylic oxidation sites excluding steroid dienone is 12. The van der Waals surface area contributed by atoms with Crippen LogP contribution >= 0.6 is 7.82 Å². The van der Waals surface area contributed by atoms with E-state index in [1.165, 1.54) is 57.8 Å². The molecule has 304 valence electrons. The standard InChI is InChI=1S/C43H74NO8P/c1-3-5-7-9-11-13-15-17-18-19-20-21-22-24-26-28-30-32-34-36-43(46)52-41(40-51-53(47,48)50-38-37-44)39-49-42(45)35-33-31-29-27-25-23-16-14-12-10-8-6-4-2/h11,13-14,16-18,20-21,24,26,30,32,41H,3-10,12,15,19,22-23,25,27-29,31,33-40,44H2,1-2H3,(H,47,48)/b13-11+,16-14+,18-17+,21-20+,26-24+,32-30+/t41-/m1/s1. The fourth-order valence-corrected chi connectivity index (χ4v) is 5.79. The number of carbonyl (C=O) groups is 2. The van der Waals surface area contributed by atoms with Gasteiger partial charge in [0.1, 0.15) is 6.61 Å². The molecule has 53 heavy (non-hydrogen) atoms. The molecule has 0 fully saturated rings. The Bertz CT molecular complexity index is 1100. The third-order valence-corrected chi connectivity index (χ3v) is 9.06. The van der Waals surface area contributed by atoms with E-state index in [0.29, 0.717) is 12.8 Å². The molecule has 0 aliphatic heterocycles. The summed E-state index contributed by atoms with van der Waals surface area (Å²) in [4.78, 5) is 34.7. The second kappa shape index (κ2) is 39.2. The maximum Gasteiger partial charge on any atom is 0.472 e. The number of rotatable bonds is 37. The second-order valence-electron chi connectivity index (χ2n) is 13.1. The normalized spacial score (nSPS) is 14.1. The predicted molar refractivity (Wildman–Crippen MR) is 219 cm³/mol. The molecule has 0 bridgehead atoms. The number of hydrogen-bond donors (Lipinski definition) is 2. The lowest BCUT2D eigenvalue weighted by atomic mass is 10.1. The molecule has 0 rings (SSSR count). The van der Waals surface area contributed by atoms with Gasteiger partial charge < -0.3 is 20.1 Å². The predicted octanol–water partition coefficient (Wildman–Crippen LogP) is 11.5. The van der Waals surface area contributed by atoms with E-state index in [0.717, 1.165) is 57.8 Å². The first-order chi connectivity index (χ1) is 25.8. The molecule has 3 N–H and O–H groups in total. The third kappa shape index (κ3) is 39.0.